The Morgan fingerprint density at radius 2 is 2.27 bits per heavy atom. The molecule has 2 rings (SSSR count). The van der Waals surface area contributed by atoms with Gasteiger partial charge in [0, 0.05) is 43.6 Å². The molecule has 0 unspecified atom stereocenters. The Hall–Kier alpha value is -0.320. The van der Waals surface area contributed by atoms with E-state index < -0.39 is 0 Å². The number of nitrogens with zero attached hydrogens (tertiary/aromatic N) is 3. The lowest BCUT2D eigenvalue weighted by molar-refractivity contribution is 0.311. The summed E-state index contributed by atoms with van der Waals surface area (Å²) in [6.07, 6.45) is 3.08. The lowest BCUT2D eigenvalue weighted by Crippen LogP contribution is -2.31. The van der Waals surface area contributed by atoms with Crippen molar-refractivity contribution in [3.05, 3.63) is 11.6 Å². The van der Waals surface area contributed by atoms with E-state index in [0.717, 1.165) is 43.7 Å². The van der Waals surface area contributed by atoms with E-state index >= 15 is 0 Å². The Kier molecular flexibility index (Phi) is 4.23. The molecule has 15 heavy (non-hydrogen) atoms. The number of aromatic nitrogens is 1. The normalized spacial score (nSPS) is 19.1. The van der Waals surface area contributed by atoms with Crippen molar-refractivity contribution < 1.29 is 0 Å². The molecule has 0 atom stereocenters. The summed E-state index contributed by atoms with van der Waals surface area (Å²) in [5, 5.41) is 3.19. The molecule has 1 fully saturated rings. The number of anilines is 1. The fourth-order valence-electron chi connectivity index (χ4n) is 1.88. The highest BCUT2D eigenvalue weighted by Crippen LogP contribution is 2.18. The van der Waals surface area contributed by atoms with E-state index in [1.165, 1.54) is 6.42 Å². The third kappa shape index (κ3) is 3.06. The lowest BCUT2D eigenvalue weighted by Gasteiger charge is -2.20. The summed E-state index contributed by atoms with van der Waals surface area (Å²) in [7, 11) is 0. The minimum absolute atomic E-state index is 0.733. The maximum absolute atomic E-state index is 5.76. The number of hydrogen-bond acceptors (Lipinski definition) is 4. The van der Waals surface area contributed by atoms with Crippen molar-refractivity contribution in [1.29, 1.82) is 0 Å². The molecule has 0 bridgehead atoms. The van der Waals surface area contributed by atoms with Crippen molar-refractivity contribution in [1.82, 2.24) is 9.88 Å². The van der Waals surface area contributed by atoms with E-state index in [1.807, 2.05) is 11.6 Å². The highest BCUT2D eigenvalue weighted by atomic mass is 35.5. The summed E-state index contributed by atoms with van der Waals surface area (Å²) in [5.41, 5.74) is 0. The van der Waals surface area contributed by atoms with E-state index in [1.54, 1.807) is 11.3 Å². The van der Waals surface area contributed by atoms with Crippen molar-refractivity contribution in [2.45, 2.75) is 6.42 Å². The first-order valence-corrected chi connectivity index (χ1v) is 6.74. The summed E-state index contributed by atoms with van der Waals surface area (Å²) >= 11 is 7.48. The highest BCUT2D eigenvalue weighted by molar-refractivity contribution is 7.13. The Bertz CT molecular complexity index is 278. The largest absolute Gasteiger partial charge is 0.347 e. The van der Waals surface area contributed by atoms with Crippen LogP contribution < -0.4 is 4.90 Å². The van der Waals surface area contributed by atoms with Gasteiger partial charge in [0.2, 0.25) is 0 Å². The summed E-state index contributed by atoms with van der Waals surface area (Å²) in [6, 6.07) is 0. The van der Waals surface area contributed by atoms with Crippen molar-refractivity contribution in [2.75, 3.05) is 43.5 Å². The zero-order valence-corrected chi connectivity index (χ0v) is 10.3. The number of hydrogen-bond donors (Lipinski definition) is 0. The molecule has 1 aromatic heterocycles. The zero-order valence-electron chi connectivity index (χ0n) is 8.73. The first-order valence-electron chi connectivity index (χ1n) is 5.33. The minimum atomic E-state index is 0.733. The summed E-state index contributed by atoms with van der Waals surface area (Å²) in [6.45, 7) is 5.46. The van der Waals surface area contributed by atoms with Gasteiger partial charge in [-0.25, -0.2) is 4.98 Å². The van der Waals surface area contributed by atoms with Gasteiger partial charge in [-0.2, -0.15) is 0 Å². The fraction of sp³-hybridized carbons (Fsp3) is 0.700. The maximum Gasteiger partial charge on any atom is 0.185 e. The van der Waals surface area contributed by atoms with E-state index in [9.17, 15) is 0 Å². The lowest BCUT2D eigenvalue weighted by atomic mass is 10.4. The van der Waals surface area contributed by atoms with E-state index in [4.69, 9.17) is 11.6 Å². The zero-order chi connectivity index (χ0) is 10.5. The van der Waals surface area contributed by atoms with Crippen molar-refractivity contribution in [3.63, 3.8) is 0 Å². The third-order valence-corrected chi connectivity index (χ3v) is 3.68. The Labute approximate surface area is 99.7 Å². The standard InChI is InChI=1S/C10H16ClN3S/c11-2-6-13-4-1-5-14(8-7-13)10-12-3-9-15-10/h3,9H,1-2,4-8H2. The molecule has 0 amide bonds. The van der Waals surface area contributed by atoms with Crippen LogP contribution in [-0.2, 0) is 0 Å². The summed E-state index contributed by atoms with van der Waals surface area (Å²) in [5.74, 6) is 0.733. The smallest absolute Gasteiger partial charge is 0.185 e. The molecule has 1 saturated heterocycles. The van der Waals surface area contributed by atoms with E-state index in [-0.39, 0.29) is 0 Å². The molecule has 2 heterocycles. The van der Waals surface area contributed by atoms with Gasteiger partial charge in [-0.1, -0.05) is 0 Å². The van der Waals surface area contributed by atoms with Crippen LogP contribution in [0.2, 0.25) is 0 Å². The van der Waals surface area contributed by atoms with Crippen LogP contribution in [0.5, 0.6) is 0 Å². The summed E-state index contributed by atoms with van der Waals surface area (Å²) < 4.78 is 0. The molecular formula is C10H16ClN3S. The van der Waals surface area contributed by atoms with Crippen LogP contribution in [0, 0.1) is 0 Å². The van der Waals surface area contributed by atoms with Crippen LogP contribution in [-0.4, -0.2) is 48.5 Å². The van der Waals surface area contributed by atoms with E-state index in [0.29, 0.717) is 0 Å². The fourth-order valence-corrected chi connectivity index (χ4v) is 2.81. The van der Waals surface area contributed by atoms with Gasteiger partial charge in [0.1, 0.15) is 0 Å². The van der Waals surface area contributed by atoms with Crippen LogP contribution in [0.15, 0.2) is 11.6 Å². The molecule has 84 valence electrons. The molecule has 5 heteroatoms. The second-order valence-corrected chi connectivity index (χ2v) is 4.94. The molecular weight excluding hydrogens is 230 g/mol. The van der Waals surface area contributed by atoms with Gasteiger partial charge in [-0.15, -0.1) is 22.9 Å². The second kappa shape index (κ2) is 5.68. The van der Waals surface area contributed by atoms with Crippen LogP contribution in [0.25, 0.3) is 0 Å². The van der Waals surface area contributed by atoms with Crippen LogP contribution in [0.1, 0.15) is 6.42 Å². The first kappa shape index (κ1) is 11.2. The van der Waals surface area contributed by atoms with Crippen molar-refractivity contribution in [3.8, 4) is 0 Å². The molecule has 3 nitrogen and oxygen atoms in total. The van der Waals surface area contributed by atoms with Gasteiger partial charge < -0.3 is 9.80 Å². The van der Waals surface area contributed by atoms with Crippen LogP contribution in [0.4, 0.5) is 5.13 Å². The van der Waals surface area contributed by atoms with Crippen molar-refractivity contribution in [2.24, 2.45) is 0 Å². The average molecular weight is 246 g/mol. The third-order valence-electron chi connectivity index (χ3n) is 2.68. The van der Waals surface area contributed by atoms with E-state index in [2.05, 4.69) is 14.8 Å². The molecule has 1 aliphatic rings. The topological polar surface area (TPSA) is 19.4 Å². The monoisotopic (exact) mass is 245 g/mol. The molecule has 1 aliphatic heterocycles. The number of alkyl halides is 1. The molecule has 0 radical (unpaired) electrons. The Morgan fingerprint density at radius 1 is 1.33 bits per heavy atom. The van der Waals surface area contributed by atoms with Gasteiger partial charge in [-0.3, -0.25) is 0 Å². The Morgan fingerprint density at radius 3 is 3.00 bits per heavy atom. The SMILES string of the molecule is ClCCN1CCCN(c2nccs2)CC1. The number of halogens is 1. The predicted octanol–water partition coefficient (Wildman–Crippen LogP) is 1.89. The molecule has 0 saturated carbocycles. The average Bonchev–Trinajstić information content (AvgIpc) is 2.67. The molecule has 0 spiro atoms. The van der Waals surface area contributed by atoms with Gasteiger partial charge in [0.05, 0.1) is 0 Å². The number of rotatable bonds is 3. The molecule has 0 N–H and O–H groups in total. The van der Waals surface area contributed by atoms with Crippen LogP contribution >= 0.6 is 22.9 Å². The van der Waals surface area contributed by atoms with Gasteiger partial charge in [-0.05, 0) is 13.0 Å². The molecule has 0 aliphatic carbocycles. The van der Waals surface area contributed by atoms with Gasteiger partial charge in [0.25, 0.3) is 0 Å². The van der Waals surface area contributed by atoms with Gasteiger partial charge in [0.15, 0.2) is 5.13 Å². The highest BCUT2D eigenvalue weighted by Gasteiger charge is 2.15. The molecule has 0 aromatic carbocycles. The second-order valence-electron chi connectivity index (χ2n) is 3.69. The maximum atomic E-state index is 5.76. The molecule has 1 aromatic rings. The van der Waals surface area contributed by atoms with Crippen LogP contribution in [0.3, 0.4) is 0 Å². The first-order chi connectivity index (χ1) is 7.40. The Balaban J connectivity index is 1.90. The minimum Gasteiger partial charge on any atom is -0.347 e. The van der Waals surface area contributed by atoms with Crippen molar-refractivity contribution >= 4 is 28.1 Å². The quantitative estimate of drug-likeness (QED) is 0.759. The number of thiazole rings is 1. The summed E-state index contributed by atoms with van der Waals surface area (Å²) in [4.78, 5) is 9.16. The van der Waals surface area contributed by atoms with Gasteiger partial charge >= 0.3 is 0 Å². The predicted molar refractivity (Wildman–Crippen MR) is 66.1 cm³/mol.